The Bertz CT molecular complexity index is 3320. The summed E-state index contributed by atoms with van der Waals surface area (Å²) in [7, 11) is 0. The predicted molar refractivity (Wildman–Crippen MR) is 270 cm³/mol. The second-order valence-corrected chi connectivity index (χ2v) is 17.9. The monoisotopic (exact) mass is 827 g/mol. The molecule has 2 aliphatic carbocycles. The van der Waals surface area contributed by atoms with Gasteiger partial charge in [0.15, 0.2) is 0 Å². The minimum Gasteiger partial charge on any atom is -0.310 e. The molecule has 0 amide bonds. The third-order valence-corrected chi connectivity index (χ3v) is 14.0. The minimum absolute atomic E-state index is 0.137. The largest absolute Gasteiger partial charge is 0.310 e. The Hall–Kier alpha value is -8.18. The average Bonchev–Trinajstić information content (AvgIpc) is 3.81. The van der Waals surface area contributed by atoms with Crippen LogP contribution in [0.4, 0.5) is 17.1 Å². The molecule has 65 heavy (non-hydrogen) atoms. The van der Waals surface area contributed by atoms with E-state index in [0.29, 0.717) is 0 Å². The van der Waals surface area contributed by atoms with E-state index in [1.807, 2.05) is 6.07 Å². The summed E-state index contributed by atoms with van der Waals surface area (Å²) < 4.78 is 0. The van der Waals surface area contributed by atoms with Crippen molar-refractivity contribution in [2.24, 2.45) is 0 Å². The van der Waals surface area contributed by atoms with E-state index < -0.39 is 5.41 Å². The lowest BCUT2D eigenvalue weighted by Gasteiger charge is -2.32. The minimum atomic E-state index is -0.553. The molecule has 0 saturated carbocycles. The Morgan fingerprint density at radius 1 is 0.354 bits per heavy atom. The Morgan fingerprint density at radius 2 is 0.892 bits per heavy atom. The highest BCUT2D eigenvalue weighted by Crippen LogP contribution is 2.58. The lowest BCUT2D eigenvalue weighted by molar-refractivity contribution is 0.660. The zero-order valence-corrected chi connectivity index (χ0v) is 36.5. The third-order valence-electron chi connectivity index (χ3n) is 14.0. The van der Waals surface area contributed by atoms with Crippen molar-refractivity contribution in [2.45, 2.75) is 24.7 Å². The Labute approximate surface area is 382 Å². The van der Waals surface area contributed by atoms with Crippen molar-refractivity contribution in [2.75, 3.05) is 4.90 Å². The van der Waals surface area contributed by atoms with Gasteiger partial charge in [0.25, 0.3) is 0 Å². The van der Waals surface area contributed by atoms with Gasteiger partial charge in [-0.3, -0.25) is 0 Å². The Morgan fingerprint density at radius 3 is 1.62 bits per heavy atom. The van der Waals surface area contributed by atoms with E-state index in [2.05, 4.69) is 261 Å². The van der Waals surface area contributed by atoms with Crippen molar-refractivity contribution < 1.29 is 0 Å². The van der Waals surface area contributed by atoms with Crippen LogP contribution >= 0.6 is 0 Å². The van der Waals surface area contributed by atoms with E-state index in [0.717, 1.165) is 28.2 Å². The molecule has 0 saturated heterocycles. The van der Waals surface area contributed by atoms with Crippen molar-refractivity contribution in [1.82, 2.24) is 0 Å². The summed E-state index contributed by atoms with van der Waals surface area (Å²) in [5, 5.41) is 0. The molecule has 0 heterocycles. The molecule has 1 heteroatoms. The van der Waals surface area contributed by atoms with Crippen LogP contribution in [0.3, 0.4) is 0 Å². The quantitative estimate of drug-likeness (QED) is 0.147. The van der Waals surface area contributed by atoms with Crippen LogP contribution in [0.25, 0.3) is 55.6 Å². The van der Waals surface area contributed by atoms with Gasteiger partial charge in [-0.25, -0.2) is 0 Å². The summed E-state index contributed by atoms with van der Waals surface area (Å²) in [4.78, 5) is 2.44. The van der Waals surface area contributed by atoms with Gasteiger partial charge in [-0.15, -0.1) is 0 Å². The highest BCUT2D eigenvalue weighted by atomic mass is 15.1. The van der Waals surface area contributed by atoms with Crippen LogP contribution in [0, 0.1) is 12.1 Å². The van der Waals surface area contributed by atoms with Crippen molar-refractivity contribution in [3.8, 4) is 55.6 Å². The maximum Gasteiger partial charge on any atom is 0.0792 e. The summed E-state index contributed by atoms with van der Waals surface area (Å²) in [5.74, 6) is 0. The van der Waals surface area contributed by atoms with Gasteiger partial charge in [0.05, 0.1) is 5.41 Å². The van der Waals surface area contributed by atoms with Gasteiger partial charge in [0.1, 0.15) is 0 Å². The number of nitrogens with zero attached hydrogens (tertiary/aromatic N) is 1. The fourth-order valence-electron chi connectivity index (χ4n) is 11.0. The molecule has 1 nitrogen and oxygen atoms in total. The lowest BCUT2D eigenvalue weighted by atomic mass is 9.68. The molecule has 0 radical (unpaired) electrons. The lowest BCUT2D eigenvalue weighted by Crippen LogP contribution is -2.28. The van der Waals surface area contributed by atoms with E-state index in [9.17, 15) is 0 Å². The molecule has 0 aliphatic heterocycles. The van der Waals surface area contributed by atoms with Gasteiger partial charge in [0.2, 0.25) is 0 Å². The second-order valence-electron chi connectivity index (χ2n) is 17.9. The number of hydrogen-bond acceptors (Lipinski definition) is 1. The molecule has 0 bridgehead atoms. The normalized spacial score (nSPS) is 13.5. The zero-order chi connectivity index (χ0) is 43.5. The van der Waals surface area contributed by atoms with E-state index in [4.69, 9.17) is 0 Å². The number of benzene rings is 9. The molecule has 0 aromatic heterocycles. The van der Waals surface area contributed by atoms with Gasteiger partial charge in [0, 0.05) is 28.0 Å². The molecule has 12 rings (SSSR count). The number of hydrogen-bond donors (Lipinski definition) is 0. The number of rotatable bonds is 8. The summed E-state index contributed by atoms with van der Waals surface area (Å²) in [6, 6.07) is 93.5. The van der Waals surface area contributed by atoms with Crippen LogP contribution < -0.4 is 4.90 Å². The summed E-state index contributed by atoms with van der Waals surface area (Å²) >= 11 is 0. The number of fused-ring (bicyclic) bond motifs is 6. The van der Waals surface area contributed by atoms with Gasteiger partial charge >= 0.3 is 0 Å². The molecule has 0 fully saturated rings. The van der Waals surface area contributed by atoms with Crippen molar-refractivity contribution in [3.05, 3.63) is 282 Å². The van der Waals surface area contributed by atoms with Gasteiger partial charge < -0.3 is 4.90 Å². The van der Waals surface area contributed by atoms with Crippen LogP contribution in [0.1, 0.15) is 47.2 Å². The predicted octanol–water partition coefficient (Wildman–Crippen LogP) is 16.4. The van der Waals surface area contributed by atoms with Crippen LogP contribution in [0.5, 0.6) is 0 Å². The molecular formula is C64H45N. The first-order valence-corrected chi connectivity index (χ1v) is 22.6. The molecule has 306 valence electrons. The van der Waals surface area contributed by atoms with E-state index in [-0.39, 0.29) is 5.41 Å². The summed E-state index contributed by atoms with van der Waals surface area (Å²) in [6.45, 7) is 4.72. The van der Waals surface area contributed by atoms with Gasteiger partial charge in [-0.05, 0) is 132 Å². The van der Waals surface area contributed by atoms with E-state index in [1.165, 1.54) is 77.9 Å². The second kappa shape index (κ2) is 15.3. The molecule has 10 aromatic carbocycles. The molecular weight excluding hydrogens is 783 g/mol. The molecule has 0 spiro atoms. The fraction of sp³-hybridized carbons (Fsp3) is 0.0625. The maximum absolute atomic E-state index is 3.57. The van der Waals surface area contributed by atoms with Crippen LogP contribution in [-0.2, 0) is 10.8 Å². The van der Waals surface area contributed by atoms with E-state index in [1.54, 1.807) is 0 Å². The smallest absolute Gasteiger partial charge is 0.0792 e. The average molecular weight is 828 g/mol. The van der Waals surface area contributed by atoms with Crippen LogP contribution in [0.15, 0.2) is 237 Å². The highest BCUT2D eigenvalue weighted by molar-refractivity contribution is 5.96. The highest BCUT2D eigenvalue weighted by Gasteiger charge is 2.47. The van der Waals surface area contributed by atoms with Crippen molar-refractivity contribution in [3.63, 3.8) is 0 Å². The Balaban J connectivity index is 1.01. The molecule has 0 N–H and O–H groups in total. The zero-order valence-electron chi connectivity index (χ0n) is 36.5. The fourth-order valence-corrected chi connectivity index (χ4v) is 11.0. The SMILES string of the molecule is CC1(C)c2ccccc2-c2ccc(N(c3ccc(-c4ccc(-c5ccccc5)cc4)cc3)c3cccc(-c4cccc5c4-c4ccccc4C5(c4c#cccc4)c4ccccc4)c3)cc21. The van der Waals surface area contributed by atoms with Crippen molar-refractivity contribution in [1.29, 1.82) is 0 Å². The molecule has 1 atom stereocenters. The van der Waals surface area contributed by atoms with Crippen LogP contribution in [0.2, 0.25) is 0 Å². The first-order chi connectivity index (χ1) is 32.0. The Kier molecular flexibility index (Phi) is 9.04. The number of anilines is 3. The molecule has 10 aromatic rings. The topological polar surface area (TPSA) is 3.24 Å². The first-order valence-electron chi connectivity index (χ1n) is 22.6. The van der Waals surface area contributed by atoms with Crippen LogP contribution in [-0.4, -0.2) is 0 Å². The third kappa shape index (κ3) is 6.10. The summed E-state index contributed by atoms with van der Waals surface area (Å²) in [5.41, 5.74) is 22.5. The van der Waals surface area contributed by atoms with E-state index >= 15 is 0 Å². The maximum atomic E-state index is 3.57. The molecule has 1 unspecified atom stereocenters. The standard InChI is InChI=1S/C64H45N/c1-63(2)58-29-14-12-26-55(58)56-41-40-53(43-61(56)63)65(51-38-36-47(37-39-51)46-34-32-45(33-35-46)44-18-6-3-7-19-44)52-25-16-20-48(42-52)54-28-17-31-60-62(54)57-27-13-15-30-59(57)64(60,49-21-8-4-9-22-49)50-23-10-5-11-24-50/h3-10,12-23,25-43H,1-2H3. The van der Waals surface area contributed by atoms with Gasteiger partial charge in [-0.2, -0.15) is 0 Å². The first kappa shape index (κ1) is 38.5. The van der Waals surface area contributed by atoms with Crippen molar-refractivity contribution >= 4 is 17.1 Å². The summed E-state index contributed by atoms with van der Waals surface area (Å²) in [6.07, 6.45) is 0. The molecule has 2 aliphatic rings. The van der Waals surface area contributed by atoms with Gasteiger partial charge in [-0.1, -0.05) is 214 Å².